The summed E-state index contributed by atoms with van der Waals surface area (Å²) in [4.78, 5) is 10.9. The van der Waals surface area contributed by atoms with E-state index in [1.807, 2.05) is 0 Å². The molecule has 0 aromatic rings. The second-order valence-electron chi connectivity index (χ2n) is 5.53. The first-order valence-electron chi connectivity index (χ1n) is 6.16. The first kappa shape index (κ1) is 10.9. The largest absolute Gasteiger partial charge is 0.481 e. The lowest BCUT2D eigenvalue weighted by molar-refractivity contribution is -0.392. The van der Waals surface area contributed by atoms with E-state index in [9.17, 15) is 4.79 Å². The third-order valence-corrected chi connectivity index (χ3v) is 4.51. The normalized spacial score (nSPS) is 40.1. The van der Waals surface area contributed by atoms with Crippen LogP contribution in [0.1, 0.15) is 44.9 Å². The molecule has 2 aliphatic carbocycles. The zero-order valence-corrected chi connectivity index (χ0v) is 9.37. The van der Waals surface area contributed by atoms with Gasteiger partial charge in [0.05, 0.1) is 13.0 Å². The predicted molar refractivity (Wildman–Crippen MR) is 57.1 cm³/mol. The summed E-state index contributed by atoms with van der Waals surface area (Å²) in [6.45, 7) is 0.798. The zero-order chi connectivity index (χ0) is 10.9. The fourth-order valence-electron chi connectivity index (χ4n) is 3.78. The molecule has 2 saturated carbocycles. The average Bonchev–Trinajstić information content (AvgIpc) is 2.55. The third-order valence-electron chi connectivity index (χ3n) is 4.51. The predicted octanol–water partition coefficient (Wildman–Crippen LogP) is 1.29. The molecule has 2 aliphatic rings. The van der Waals surface area contributed by atoms with E-state index in [1.54, 1.807) is 0 Å². The smallest absolute Gasteiger partial charge is 0.304 e. The number of hydrogen-bond acceptors (Lipinski definition) is 1. The Hall–Kier alpha value is -0.570. The molecule has 2 rings (SSSR count). The van der Waals surface area contributed by atoms with Crippen molar-refractivity contribution in [3.63, 3.8) is 0 Å². The van der Waals surface area contributed by atoms with Gasteiger partial charge in [-0.3, -0.25) is 4.79 Å². The molecule has 0 saturated heterocycles. The van der Waals surface area contributed by atoms with Gasteiger partial charge in [-0.2, -0.15) is 0 Å². The van der Waals surface area contributed by atoms with E-state index in [4.69, 9.17) is 5.11 Å². The minimum Gasteiger partial charge on any atom is -0.481 e. The van der Waals surface area contributed by atoms with Crippen LogP contribution in [0.2, 0.25) is 0 Å². The topological polar surface area (TPSA) is 64.9 Å². The van der Waals surface area contributed by atoms with Crippen molar-refractivity contribution in [1.82, 2.24) is 0 Å². The van der Waals surface area contributed by atoms with Crippen molar-refractivity contribution in [2.24, 2.45) is 17.3 Å². The van der Waals surface area contributed by atoms with Crippen LogP contribution in [0.5, 0.6) is 0 Å². The molecule has 1 unspecified atom stereocenters. The molecule has 0 aliphatic heterocycles. The van der Waals surface area contributed by atoms with Gasteiger partial charge in [0.25, 0.3) is 0 Å². The number of rotatable bonds is 3. The van der Waals surface area contributed by atoms with Gasteiger partial charge in [0, 0.05) is 5.41 Å². The van der Waals surface area contributed by atoms with E-state index in [0.717, 1.165) is 31.2 Å². The molecule has 2 fully saturated rings. The molecule has 15 heavy (non-hydrogen) atoms. The molecular weight excluding hydrogens is 190 g/mol. The number of carboxylic acid groups (broad SMARTS) is 1. The van der Waals surface area contributed by atoms with E-state index in [2.05, 4.69) is 5.73 Å². The first-order valence-corrected chi connectivity index (χ1v) is 6.16. The number of carbonyl (C=O) groups is 1. The van der Waals surface area contributed by atoms with Gasteiger partial charge in [-0.05, 0) is 24.7 Å². The molecule has 0 bridgehead atoms. The van der Waals surface area contributed by atoms with Crippen LogP contribution >= 0.6 is 0 Å². The molecule has 3 nitrogen and oxygen atoms in total. The quantitative estimate of drug-likeness (QED) is 0.740. The van der Waals surface area contributed by atoms with Crippen LogP contribution in [0, 0.1) is 17.3 Å². The van der Waals surface area contributed by atoms with E-state index in [1.165, 1.54) is 25.7 Å². The van der Waals surface area contributed by atoms with Crippen molar-refractivity contribution in [3.05, 3.63) is 0 Å². The minimum absolute atomic E-state index is 0.0332. The van der Waals surface area contributed by atoms with Crippen LogP contribution in [-0.4, -0.2) is 17.6 Å². The van der Waals surface area contributed by atoms with Crippen molar-refractivity contribution in [1.29, 1.82) is 0 Å². The Kier molecular flexibility index (Phi) is 3.01. The fraction of sp³-hybridized carbons (Fsp3) is 0.917. The summed E-state index contributed by atoms with van der Waals surface area (Å²) in [5, 5.41) is 8.98. The molecule has 86 valence electrons. The summed E-state index contributed by atoms with van der Waals surface area (Å²) in [6, 6.07) is 0. The van der Waals surface area contributed by atoms with Gasteiger partial charge in [-0.15, -0.1) is 0 Å². The summed E-state index contributed by atoms with van der Waals surface area (Å²) in [7, 11) is 0. The van der Waals surface area contributed by atoms with Crippen LogP contribution in [0.15, 0.2) is 0 Å². The van der Waals surface area contributed by atoms with Crippen LogP contribution in [0.25, 0.3) is 0 Å². The molecule has 0 radical (unpaired) electrons. The number of fused-ring (bicyclic) bond motifs is 1. The highest BCUT2D eigenvalue weighted by Crippen LogP contribution is 2.52. The van der Waals surface area contributed by atoms with Crippen molar-refractivity contribution in [3.8, 4) is 0 Å². The summed E-state index contributed by atoms with van der Waals surface area (Å²) in [5.41, 5.74) is 4.02. The molecule has 3 atom stereocenters. The fourth-order valence-corrected chi connectivity index (χ4v) is 3.78. The second-order valence-corrected chi connectivity index (χ2v) is 5.53. The number of quaternary nitrogens is 1. The standard InChI is InChI=1S/C12H21NO2/c13-8-12(7-11(14)15)5-9-3-1-2-4-10(9)6-12/h9-10H,1-8,13H2,(H,14,15)/p+1/t9-,10+,12?. The lowest BCUT2D eigenvalue weighted by Crippen LogP contribution is -2.58. The Bertz CT molecular complexity index is 238. The lowest BCUT2D eigenvalue weighted by atomic mass is 9.81. The van der Waals surface area contributed by atoms with Crippen molar-refractivity contribution >= 4 is 5.97 Å². The average molecular weight is 212 g/mol. The Morgan fingerprint density at radius 1 is 1.27 bits per heavy atom. The van der Waals surface area contributed by atoms with Gasteiger partial charge >= 0.3 is 5.97 Å². The minimum atomic E-state index is -0.641. The van der Waals surface area contributed by atoms with Crippen LogP contribution in [0.4, 0.5) is 0 Å². The number of aliphatic carboxylic acids is 1. The molecule has 0 aromatic carbocycles. The van der Waals surface area contributed by atoms with Crippen molar-refractivity contribution in [2.75, 3.05) is 6.54 Å². The molecule has 3 heteroatoms. The first-order chi connectivity index (χ1) is 7.15. The summed E-state index contributed by atoms with van der Waals surface area (Å²) < 4.78 is 0. The van der Waals surface area contributed by atoms with Gasteiger partial charge in [0.1, 0.15) is 0 Å². The maximum absolute atomic E-state index is 10.9. The molecular formula is C12H22NO2+. The number of carboxylic acids is 1. The third kappa shape index (κ3) is 2.17. The lowest BCUT2D eigenvalue weighted by Gasteiger charge is -2.24. The van der Waals surface area contributed by atoms with Crippen LogP contribution < -0.4 is 5.73 Å². The van der Waals surface area contributed by atoms with Gasteiger partial charge in [-0.25, -0.2) is 0 Å². The Balaban J connectivity index is 2.05. The van der Waals surface area contributed by atoms with Crippen LogP contribution in [0.3, 0.4) is 0 Å². The van der Waals surface area contributed by atoms with Crippen LogP contribution in [-0.2, 0) is 4.79 Å². The van der Waals surface area contributed by atoms with Crippen molar-refractivity contribution < 1.29 is 15.6 Å². The van der Waals surface area contributed by atoms with E-state index < -0.39 is 5.97 Å². The van der Waals surface area contributed by atoms with E-state index in [-0.39, 0.29) is 5.41 Å². The molecule has 0 amide bonds. The zero-order valence-electron chi connectivity index (χ0n) is 9.37. The Morgan fingerprint density at radius 2 is 1.80 bits per heavy atom. The molecule has 0 aromatic heterocycles. The second kappa shape index (κ2) is 4.12. The summed E-state index contributed by atoms with van der Waals surface area (Å²) in [5.74, 6) is 0.969. The highest BCUT2D eigenvalue weighted by molar-refractivity contribution is 5.67. The molecule has 0 spiro atoms. The van der Waals surface area contributed by atoms with Gasteiger partial charge in [0.2, 0.25) is 0 Å². The molecule has 0 heterocycles. The highest BCUT2D eigenvalue weighted by Gasteiger charge is 2.47. The molecule has 4 N–H and O–H groups in total. The van der Waals surface area contributed by atoms with E-state index in [0.29, 0.717) is 6.42 Å². The Morgan fingerprint density at radius 3 is 2.20 bits per heavy atom. The number of hydrogen-bond donors (Lipinski definition) is 2. The van der Waals surface area contributed by atoms with E-state index >= 15 is 0 Å². The summed E-state index contributed by atoms with van der Waals surface area (Å²) in [6.07, 6.45) is 7.92. The SMILES string of the molecule is [NH3+]CC1(CC(=O)O)C[C@H]2CCCC[C@H]2C1. The van der Waals surface area contributed by atoms with Gasteiger partial charge in [-0.1, -0.05) is 25.7 Å². The van der Waals surface area contributed by atoms with Gasteiger partial charge < -0.3 is 10.8 Å². The van der Waals surface area contributed by atoms with Crippen molar-refractivity contribution in [2.45, 2.75) is 44.9 Å². The Labute approximate surface area is 91.0 Å². The highest BCUT2D eigenvalue weighted by atomic mass is 16.4. The maximum atomic E-state index is 10.9. The monoisotopic (exact) mass is 212 g/mol. The summed E-state index contributed by atoms with van der Waals surface area (Å²) >= 11 is 0. The maximum Gasteiger partial charge on any atom is 0.304 e. The van der Waals surface area contributed by atoms with Gasteiger partial charge in [0.15, 0.2) is 0 Å².